The lowest BCUT2D eigenvalue weighted by Gasteiger charge is -2.22. The molecule has 0 saturated carbocycles. The zero-order valence-electron chi connectivity index (χ0n) is 11.4. The number of hydrogen-bond acceptors (Lipinski definition) is 5. The summed E-state index contributed by atoms with van der Waals surface area (Å²) in [6, 6.07) is 0. The van der Waals surface area contributed by atoms with Gasteiger partial charge >= 0.3 is 5.69 Å². The van der Waals surface area contributed by atoms with E-state index in [4.69, 9.17) is 5.11 Å². The van der Waals surface area contributed by atoms with Crippen LogP contribution in [0.1, 0.15) is 19.0 Å². The molecule has 1 aromatic heterocycles. The molecule has 1 aromatic rings. The van der Waals surface area contributed by atoms with Crippen LogP contribution in [0.2, 0.25) is 0 Å². The minimum Gasteiger partial charge on any atom is -0.395 e. The Kier molecular flexibility index (Phi) is 5.50. The number of aliphatic hydroxyl groups is 1. The van der Waals surface area contributed by atoms with Gasteiger partial charge in [0, 0.05) is 19.6 Å². The third kappa shape index (κ3) is 3.31. The summed E-state index contributed by atoms with van der Waals surface area (Å²) in [4.78, 5) is 12.5. The zero-order chi connectivity index (χ0) is 14.4. The average Bonchev–Trinajstić information content (AvgIpc) is 2.66. The van der Waals surface area contributed by atoms with Crippen LogP contribution in [0.3, 0.4) is 0 Å². The molecular formula is C12H20N4O3. The lowest BCUT2D eigenvalue weighted by Crippen LogP contribution is -2.29. The van der Waals surface area contributed by atoms with Crippen molar-refractivity contribution < 1.29 is 10.0 Å². The number of anilines is 1. The highest BCUT2D eigenvalue weighted by Gasteiger charge is 2.28. The van der Waals surface area contributed by atoms with E-state index in [1.807, 2.05) is 6.92 Å². The van der Waals surface area contributed by atoms with E-state index in [-0.39, 0.29) is 12.3 Å². The predicted octanol–water partition coefficient (Wildman–Crippen LogP) is 1.49. The number of nitrogens with zero attached hydrogens (tertiary/aromatic N) is 4. The molecule has 0 unspecified atom stereocenters. The summed E-state index contributed by atoms with van der Waals surface area (Å²) in [5.41, 5.74) is 0.393. The molecule has 1 rings (SSSR count). The Hall–Kier alpha value is -1.89. The van der Waals surface area contributed by atoms with Gasteiger partial charge in [-0.25, -0.2) is 4.68 Å². The predicted molar refractivity (Wildman–Crippen MR) is 73.4 cm³/mol. The van der Waals surface area contributed by atoms with E-state index < -0.39 is 4.92 Å². The van der Waals surface area contributed by atoms with E-state index in [0.29, 0.717) is 31.1 Å². The number of nitro groups is 1. The van der Waals surface area contributed by atoms with E-state index in [2.05, 4.69) is 11.7 Å². The molecule has 7 heteroatoms. The van der Waals surface area contributed by atoms with Gasteiger partial charge in [-0.2, -0.15) is 5.10 Å². The largest absolute Gasteiger partial charge is 0.395 e. The fraction of sp³-hybridized carbons (Fsp3) is 0.583. The van der Waals surface area contributed by atoms with E-state index >= 15 is 0 Å². The highest BCUT2D eigenvalue weighted by Crippen LogP contribution is 2.31. The molecule has 0 atom stereocenters. The van der Waals surface area contributed by atoms with Gasteiger partial charge in [0.1, 0.15) is 5.69 Å². The molecule has 0 amide bonds. The third-order valence-corrected chi connectivity index (χ3v) is 2.71. The van der Waals surface area contributed by atoms with E-state index in [0.717, 1.165) is 6.42 Å². The van der Waals surface area contributed by atoms with Crippen LogP contribution < -0.4 is 4.90 Å². The molecule has 0 aliphatic carbocycles. The van der Waals surface area contributed by atoms with Crippen molar-refractivity contribution in [1.29, 1.82) is 0 Å². The second-order valence-electron chi connectivity index (χ2n) is 4.20. The van der Waals surface area contributed by atoms with Crippen LogP contribution in [0.5, 0.6) is 0 Å². The second kappa shape index (κ2) is 6.89. The van der Waals surface area contributed by atoms with Crippen molar-refractivity contribution in [2.24, 2.45) is 0 Å². The summed E-state index contributed by atoms with van der Waals surface area (Å²) < 4.78 is 1.63. The molecule has 19 heavy (non-hydrogen) atoms. The third-order valence-electron chi connectivity index (χ3n) is 2.71. The summed E-state index contributed by atoms with van der Waals surface area (Å²) in [7, 11) is 0. The van der Waals surface area contributed by atoms with Gasteiger partial charge in [-0.05, 0) is 13.3 Å². The minimum absolute atomic E-state index is 0.00347. The highest BCUT2D eigenvalue weighted by molar-refractivity contribution is 5.61. The first-order chi connectivity index (χ1) is 9.06. The monoisotopic (exact) mass is 268 g/mol. The summed E-state index contributed by atoms with van der Waals surface area (Å²) in [5.74, 6) is 0.443. The normalized spacial score (nSPS) is 10.5. The molecular weight excluding hydrogens is 248 g/mol. The molecule has 1 heterocycles. The molecule has 0 radical (unpaired) electrons. The number of aromatic nitrogens is 2. The van der Waals surface area contributed by atoms with Crippen molar-refractivity contribution >= 4 is 11.5 Å². The van der Waals surface area contributed by atoms with Crippen LogP contribution in [0.25, 0.3) is 0 Å². The maximum atomic E-state index is 11.2. The minimum atomic E-state index is -0.419. The van der Waals surface area contributed by atoms with Crippen LogP contribution in [0, 0.1) is 17.0 Å². The van der Waals surface area contributed by atoms with Gasteiger partial charge in [-0.15, -0.1) is 6.58 Å². The van der Waals surface area contributed by atoms with Crippen LogP contribution in [-0.2, 0) is 6.54 Å². The van der Waals surface area contributed by atoms with E-state index in [1.54, 1.807) is 22.6 Å². The Morgan fingerprint density at radius 1 is 1.63 bits per heavy atom. The molecule has 0 spiro atoms. The Balaban J connectivity index is 3.32. The first kappa shape index (κ1) is 15.2. The van der Waals surface area contributed by atoms with Crippen molar-refractivity contribution in [3.8, 4) is 0 Å². The molecule has 0 aromatic carbocycles. The van der Waals surface area contributed by atoms with Crippen molar-refractivity contribution in [1.82, 2.24) is 9.78 Å². The van der Waals surface area contributed by atoms with Gasteiger partial charge in [0.05, 0.1) is 11.5 Å². The van der Waals surface area contributed by atoms with Crippen molar-refractivity contribution in [3.05, 3.63) is 28.5 Å². The van der Waals surface area contributed by atoms with Crippen LogP contribution in [0.15, 0.2) is 12.7 Å². The van der Waals surface area contributed by atoms with Gasteiger partial charge in [-0.1, -0.05) is 13.0 Å². The van der Waals surface area contributed by atoms with Gasteiger partial charge in [0.25, 0.3) is 0 Å². The topological polar surface area (TPSA) is 84.4 Å². The van der Waals surface area contributed by atoms with E-state index in [1.165, 1.54) is 0 Å². The average molecular weight is 268 g/mol. The Labute approximate surface area is 112 Å². The Bertz CT molecular complexity index is 456. The quantitative estimate of drug-likeness (QED) is 0.438. The highest BCUT2D eigenvalue weighted by atomic mass is 16.6. The summed E-state index contributed by atoms with van der Waals surface area (Å²) in [6.07, 6.45) is 2.48. The van der Waals surface area contributed by atoms with Gasteiger partial charge < -0.3 is 10.0 Å². The Morgan fingerprint density at radius 2 is 2.32 bits per heavy atom. The fourth-order valence-corrected chi connectivity index (χ4v) is 2.01. The van der Waals surface area contributed by atoms with Gasteiger partial charge in [0.15, 0.2) is 0 Å². The second-order valence-corrected chi connectivity index (χ2v) is 4.20. The molecule has 7 nitrogen and oxygen atoms in total. The van der Waals surface area contributed by atoms with Gasteiger partial charge in [0.2, 0.25) is 5.82 Å². The smallest absolute Gasteiger partial charge is 0.333 e. The zero-order valence-corrected chi connectivity index (χ0v) is 11.4. The van der Waals surface area contributed by atoms with Crippen molar-refractivity contribution in [2.75, 3.05) is 24.6 Å². The SMILES string of the molecule is C=CCN(CCO)c1c([N+](=O)[O-])c(C)nn1CCC. The number of rotatable bonds is 8. The molecule has 0 saturated heterocycles. The molecule has 1 N–H and O–H groups in total. The van der Waals surface area contributed by atoms with Crippen LogP contribution in [0.4, 0.5) is 11.5 Å². The van der Waals surface area contributed by atoms with Gasteiger partial charge in [-0.3, -0.25) is 10.1 Å². The van der Waals surface area contributed by atoms with E-state index in [9.17, 15) is 10.1 Å². The summed E-state index contributed by atoms with van der Waals surface area (Å²) in [6.45, 7) is 8.50. The lowest BCUT2D eigenvalue weighted by molar-refractivity contribution is -0.384. The van der Waals surface area contributed by atoms with Crippen molar-refractivity contribution in [3.63, 3.8) is 0 Å². The molecule has 0 aliphatic rings. The summed E-state index contributed by atoms with van der Waals surface area (Å²) in [5, 5.41) is 24.5. The van der Waals surface area contributed by atoms with Crippen molar-refractivity contribution in [2.45, 2.75) is 26.8 Å². The molecule has 0 fully saturated rings. The molecule has 106 valence electrons. The number of aryl methyl sites for hydroxylation is 2. The maximum absolute atomic E-state index is 11.2. The maximum Gasteiger partial charge on any atom is 0.333 e. The summed E-state index contributed by atoms with van der Waals surface area (Å²) >= 11 is 0. The lowest BCUT2D eigenvalue weighted by atomic mass is 10.3. The number of hydrogen-bond donors (Lipinski definition) is 1. The first-order valence-electron chi connectivity index (χ1n) is 6.25. The number of aliphatic hydroxyl groups excluding tert-OH is 1. The first-order valence-corrected chi connectivity index (χ1v) is 6.25. The fourth-order valence-electron chi connectivity index (χ4n) is 2.01. The molecule has 0 bridgehead atoms. The molecule has 0 aliphatic heterocycles. The van der Waals surface area contributed by atoms with Crippen LogP contribution in [-0.4, -0.2) is 39.5 Å². The Morgan fingerprint density at radius 3 is 2.79 bits per heavy atom. The van der Waals surface area contributed by atoms with Crippen LogP contribution >= 0.6 is 0 Å². The standard InChI is InChI=1S/C12H20N4O3/c1-4-6-14(8-9-17)12-11(16(18)19)10(3)13-15(12)7-5-2/h4,17H,1,5-9H2,2-3H3.